The number of hydrogen-bond donors (Lipinski definition) is 6. The Morgan fingerprint density at radius 1 is 0.695 bits per heavy atom. The lowest BCUT2D eigenvalue weighted by molar-refractivity contribution is -0.133. The minimum atomic E-state index is -3.41. The van der Waals surface area contributed by atoms with Crippen molar-refractivity contribution >= 4 is 45.9 Å². The molecule has 0 saturated carbocycles. The number of benzene rings is 4. The quantitative estimate of drug-likeness (QED) is 0.0433. The van der Waals surface area contributed by atoms with E-state index < -0.39 is 68.5 Å². The first-order chi connectivity index (χ1) is 28.0. The first-order valence-electron chi connectivity index (χ1n) is 18.0. The number of ether oxygens (including phenoxy) is 2. The van der Waals surface area contributed by atoms with Crippen LogP contribution in [-0.4, -0.2) is 97.6 Å². The molecule has 1 aliphatic rings. The lowest BCUT2D eigenvalue weighted by Crippen LogP contribution is -2.49. The second-order valence-electron chi connectivity index (χ2n) is 13.3. The molecule has 1 unspecified atom stereocenters. The summed E-state index contributed by atoms with van der Waals surface area (Å²) in [6.45, 7) is 7.28. The van der Waals surface area contributed by atoms with Gasteiger partial charge < -0.3 is 19.7 Å². The van der Waals surface area contributed by atoms with Crippen LogP contribution in [0.5, 0.6) is 23.0 Å². The second kappa shape index (κ2) is 20.2. The topological polar surface area (TPSA) is 181 Å². The summed E-state index contributed by atoms with van der Waals surface area (Å²) in [4.78, 5) is 26.9. The zero-order valence-electron chi connectivity index (χ0n) is 31.8. The Bertz CT molecular complexity index is 2190. The van der Waals surface area contributed by atoms with Crippen LogP contribution in [0.2, 0.25) is 0 Å². The molecule has 5 rings (SSSR count). The molecule has 0 bridgehead atoms. The van der Waals surface area contributed by atoms with Gasteiger partial charge in [-0.25, -0.2) is 40.8 Å². The van der Waals surface area contributed by atoms with Gasteiger partial charge in [-0.05, 0) is 110 Å². The van der Waals surface area contributed by atoms with Crippen molar-refractivity contribution in [1.82, 2.24) is 19.2 Å². The van der Waals surface area contributed by atoms with E-state index in [2.05, 4.69) is 19.2 Å². The molecule has 59 heavy (non-hydrogen) atoms. The van der Waals surface area contributed by atoms with E-state index in [1.807, 2.05) is 0 Å². The van der Waals surface area contributed by atoms with Gasteiger partial charge in [0.2, 0.25) is 0 Å². The summed E-state index contributed by atoms with van der Waals surface area (Å²) < 4.78 is 109. The molecule has 4 aromatic rings. The lowest BCUT2D eigenvalue weighted by atomic mass is 10.1. The molecular weight excluding hydrogens is 821 g/mol. The number of piperazine rings is 1. The molecule has 0 amide bonds. The van der Waals surface area contributed by atoms with Crippen LogP contribution in [-0.2, 0) is 20.6 Å². The number of halogens is 4. The molecule has 1 atom stereocenters. The maximum atomic E-state index is 14.6. The summed E-state index contributed by atoms with van der Waals surface area (Å²) in [6, 6.07) is 15.1. The fourth-order valence-corrected chi connectivity index (χ4v) is 7.64. The van der Waals surface area contributed by atoms with E-state index in [1.165, 1.54) is 62.4 Å². The predicted molar refractivity (Wildman–Crippen MR) is 215 cm³/mol. The summed E-state index contributed by atoms with van der Waals surface area (Å²) in [5.41, 5.74) is -0.159. The van der Waals surface area contributed by atoms with Crippen molar-refractivity contribution in [3.05, 3.63) is 118 Å². The van der Waals surface area contributed by atoms with Gasteiger partial charge in [0, 0.05) is 63.5 Å². The van der Waals surface area contributed by atoms with Crippen molar-refractivity contribution in [2.75, 3.05) is 52.4 Å². The summed E-state index contributed by atoms with van der Waals surface area (Å²) >= 11 is 0. The van der Waals surface area contributed by atoms with E-state index in [9.17, 15) is 40.5 Å². The number of nitrogens with zero attached hydrogens (tertiary/aromatic N) is 2. The van der Waals surface area contributed by atoms with Crippen molar-refractivity contribution in [2.45, 2.75) is 23.6 Å². The molecule has 0 aromatic heterocycles. The summed E-state index contributed by atoms with van der Waals surface area (Å²) in [7, 11) is -4.98. The van der Waals surface area contributed by atoms with Crippen molar-refractivity contribution < 1.29 is 60.2 Å². The third-order valence-electron chi connectivity index (χ3n) is 8.97. The predicted octanol–water partition coefficient (Wildman–Crippen LogP) is 7.35. The second-order valence-corrected chi connectivity index (χ2v) is 16.5. The number of carbonyl (C=O) groups is 2. The lowest BCUT2D eigenvalue weighted by Gasteiger charge is -2.37. The van der Waals surface area contributed by atoms with Gasteiger partial charge in [0.05, 0.1) is 9.79 Å². The molecular formula is C40H42F4N4O9S2. The fraction of sp³-hybridized carbons (Fsp3) is 0.250. The van der Waals surface area contributed by atoms with Gasteiger partial charge >= 0.3 is 11.9 Å². The van der Waals surface area contributed by atoms with Crippen molar-refractivity contribution in [3.8, 4) is 23.0 Å². The van der Waals surface area contributed by atoms with Crippen LogP contribution >= 0.6 is 10.8 Å². The van der Waals surface area contributed by atoms with Gasteiger partial charge in [0.1, 0.15) is 22.5 Å². The largest absolute Gasteiger partial charge is 0.478 e. The number of carboxylic acids is 2. The third-order valence-corrected chi connectivity index (χ3v) is 11.7. The van der Waals surface area contributed by atoms with E-state index in [0.717, 1.165) is 49.5 Å². The summed E-state index contributed by atoms with van der Waals surface area (Å²) in [5, 5.41) is 18.0. The van der Waals surface area contributed by atoms with Crippen molar-refractivity contribution in [1.29, 1.82) is 0 Å². The maximum absolute atomic E-state index is 14.6. The van der Waals surface area contributed by atoms with Crippen molar-refractivity contribution in [3.63, 3.8) is 0 Å². The first-order valence-corrected chi connectivity index (χ1v) is 20.7. The monoisotopic (exact) mass is 862 g/mol. The number of nitrogens with one attached hydrogen (secondary N) is 2. The van der Waals surface area contributed by atoms with Crippen LogP contribution in [0, 0.1) is 23.3 Å². The van der Waals surface area contributed by atoms with Crippen LogP contribution in [0.15, 0.2) is 93.7 Å². The average Bonchev–Trinajstić information content (AvgIpc) is 3.18. The number of aliphatic carboxylic acids is 2. The molecule has 1 fully saturated rings. The SMILES string of the molecule is CC(=Cc1cc(F)c(Oc2ccc(S(=O)NCCN3CCN(CCNS(O)(O)c4ccc(Oc5c(F)cc(C=C(C)C(=O)O)cc5F)cc4)CC3)cc2)c(F)c1)C(=O)O. The highest BCUT2D eigenvalue weighted by Gasteiger charge is 2.21. The molecule has 0 spiro atoms. The molecule has 1 saturated heterocycles. The van der Waals surface area contributed by atoms with Gasteiger partial charge in [-0.3, -0.25) is 18.9 Å². The van der Waals surface area contributed by atoms with Gasteiger partial charge in [0.15, 0.2) is 34.8 Å². The minimum absolute atomic E-state index is 0.0101. The van der Waals surface area contributed by atoms with E-state index in [4.69, 9.17) is 19.7 Å². The number of rotatable bonds is 18. The standard InChI is InChI=1S/C40H42F4N4O9S2/c1-25(39(49)50)19-27-21-33(41)37(34(42)22-27)56-29-3-7-31(8-4-29)58(53)45-11-13-47-15-17-48(18-16-47)14-12-46-59(54,55)32-9-5-30(6-10-32)57-38-35(43)23-28(24-36(38)44)20-26(2)40(51)52/h3-10,19-24,45-46,54-55H,11-18H2,1-2H3,(H,49,50)(H,51,52). The molecule has 4 aromatic carbocycles. The Kier molecular flexibility index (Phi) is 15.4. The summed E-state index contributed by atoms with van der Waals surface area (Å²) in [5.74, 6) is -7.77. The highest BCUT2D eigenvalue weighted by molar-refractivity contribution is 8.22. The number of hydrogen-bond acceptors (Lipinski definition) is 10. The highest BCUT2D eigenvalue weighted by atomic mass is 32.3. The first kappa shape index (κ1) is 45.0. The zero-order chi connectivity index (χ0) is 42.9. The number of carboxylic acid groups (broad SMARTS) is 2. The molecule has 6 N–H and O–H groups in total. The zero-order valence-corrected chi connectivity index (χ0v) is 33.4. The molecule has 1 heterocycles. The van der Waals surface area contributed by atoms with E-state index in [0.29, 0.717) is 37.6 Å². The average molecular weight is 863 g/mol. The van der Waals surface area contributed by atoms with Gasteiger partial charge in [-0.2, -0.15) is 0 Å². The van der Waals surface area contributed by atoms with Gasteiger partial charge in [-0.15, -0.1) is 10.8 Å². The Hall–Kier alpha value is -5.12. The molecule has 316 valence electrons. The van der Waals surface area contributed by atoms with Crippen LogP contribution < -0.4 is 18.9 Å². The Morgan fingerprint density at radius 2 is 1.08 bits per heavy atom. The highest BCUT2D eigenvalue weighted by Crippen LogP contribution is 2.44. The minimum Gasteiger partial charge on any atom is -0.478 e. The Labute approximate surface area is 341 Å². The van der Waals surface area contributed by atoms with Gasteiger partial charge in [0.25, 0.3) is 0 Å². The van der Waals surface area contributed by atoms with Crippen LogP contribution in [0.4, 0.5) is 17.6 Å². The molecule has 1 aliphatic heterocycles. The Balaban J connectivity index is 1.01. The van der Waals surface area contributed by atoms with Gasteiger partial charge in [-0.1, -0.05) is 0 Å². The molecule has 0 aliphatic carbocycles. The molecule has 13 nitrogen and oxygen atoms in total. The maximum Gasteiger partial charge on any atom is 0.331 e. The molecule has 19 heteroatoms. The summed E-state index contributed by atoms with van der Waals surface area (Å²) in [6.07, 6.45) is 2.26. The van der Waals surface area contributed by atoms with E-state index in [1.54, 1.807) is 0 Å². The molecule has 0 radical (unpaired) electrons. The Morgan fingerprint density at radius 3 is 1.49 bits per heavy atom. The third kappa shape index (κ3) is 12.7. The van der Waals surface area contributed by atoms with Crippen LogP contribution in [0.25, 0.3) is 12.2 Å². The van der Waals surface area contributed by atoms with Crippen molar-refractivity contribution in [2.24, 2.45) is 0 Å². The van der Waals surface area contributed by atoms with Crippen LogP contribution in [0.1, 0.15) is 25.0 Å². The van der Waals surface area contributed by atoms with E-state index >= 15 is 0 Å². The fourth-order valence-electron chi connectivity index (χ4n) is 5.75. The smallest absolute Gasteiger partial charge is 0.331 e. The normalized spacial score (nSPS) is 15.2. The van der Waals surface area contributed by atoms with E-state index in [-0.39, 0.29) is 45.2 Å². The van der Waals surface area contributed by atoms with Crippen LogP contribution in [0.3, 0.4) is 0 Å².